The van der Waals surface area contributed by atoms with Gasteiger partial charge in [-0.3, -0.25) is 0 Å². The van der Waals surface area contributed by atoms with Gasteiger partial charge in [-0.05, 0) is 30.5 Å². The Labute approximate surface area is 114 Å². The first-order valence-electron chi connectivity index (χ1n) is 5.45. The Kier molecular flexibility index (Phi) is 4.03. The van der Waals surface area contributed by atoms with Crippen LogP contribution in [0.5, 0.6) is 0 Å². The average molecular weight is 276 g/mol. The maximum Gasteiger partial charge on any atom is 0.150 e. The standard InChI is InChI=1S/C14H10F2N2S/c1-19-13-5-3-2-4-12(13)18-14-10(15)6-9(8-17)7-11(14)16/h2-7,18H,1H3. The number of nitrogens with zero attached hydrogens (tertiary/aromatic N) is 1. The summed E-state index contributed by atoms with van der Waals surface area (Å²) in [6, 6.07) is 10.9. The smallest absolute Gasteiger partial charge is 0.150 e. The topological polar surface area (TPSA) is 35.8 Å². The van der Waals surface area contributed by atoms with E-state index in [9.17, 15) is 8.78 Å². The number of thioether (sulfide) groups is 1. The lowest BCUT2D eigenvalue weighted by Crippen LogP contribution is -1.99. The van der Waals surface area contributed by atoms with Crippen LogP contribution in [-0.4, -0.2) is 6.26 Å². The Balaban J connectivity index is 2.42. The third kappa shape index (κ3) is 2.85. The first-order valence-corrected chi connectivity index (χ1v) is 6.67. The van der Waals surface area contributed by atoms with Crippen LogP contribution in [0.1, 0.15) is 5.56 Å². The van der Waals surface area contributed by atoms with Crippen LogP contribution < -0.4 is 5.32 Å². The molecule has 0 aliphatic carbocycles. The number of para-hydroxylation sites is 1. The van der Waals surface area contributed by atoms with Crippen molar-refractivity contribution in [3.63, 3.8) is 0 Å². The highest BCUT2D eigenvalue weighted by Gasteiger charge is 2.12. The second-order valence-corrected chi connectivity index (χ2v) is 4.60. The second kappa shape index (κ2) is 5.72. The van der Waals surface area contributed by atoms with E-state index in [4.69, 9.17) is 5.26 Å². The summed E-state index contributed by atoms with van der Waals surface area (Å²) < 4.78 is 27.5. The van der Waals surface area contributed by atoms with Gasteiger partial charge in [0, 0.05) is 4.90 Å². The van der Waals surface area contributed by atoms with E-state index in [1.165, 1.54) is 11.8 Å². The molecule has 5 heteroatoms. The molecule has 0 heterocycles. The third-order valence-electron chi connectivity index (χ3n) is 2.54. The van der Waals surface area contributed by atoms with Crippen LogP contribution in [0.25, 0.3) is 0 Å². The number of halogens is 2. The fourth-order valence-electron chi connectivity index (χ4n) is 1.64. The van der Waals surface area contributed by atoms with Crippen molar-refractivity contribution >= 4 is 23.1 Å². The van der Waals surface area contributed by atoms with Crippen LogP contribution in [0, 0.1) is 23.0 Å². The van der Waals surface area contributed by atoms with Gasteiger partial charge in [0.2, 0.25) is 0 Å². The fourth-order valence-corrected chi connectivity index (χ4v) is 2.19. The van der Waals surface area contributed by atoms with Crippen molar-refractivity contribution in [3.8, 4) is 6.07 Å². The van der Waals surface area contributed by atoms with Crippen molar-refractivity contribution in [2.24, 2.45) is 0 Å². The van der Waals surface area contributed by atoms with Crippen molar-refractivity contribution < 1.29 is 8.78 Å². The molecular formula is C14H10F2N2S. The van der Waals surface area contributed by atoms with E-state index >= 15 is 0 Å². The third-order valence-corrected chi connectivity index (χ3v) is 3.33. The minimum atomic E-state index is -0.785. The minimum absolute atomic E-state index is 0.0429. The Morgan fingerprint density at radius 3 is 2.37 bits per heavy atom. The van der Waals surface area contributed by atoms with E-state index in [0.717, 1.165) is 17.0 Å². The number of anilines is 2. The molecule has 0 saturated carbocycles. The van der Waals surface area contributed by atoms with Crippen LogP contribution in [0.3, 0.4) is 0 Å². The van der Waals surface area contributed by atoms with Gasteiger partial charge in [0.1, 0.15) is 5.69 Å². The van der Waals surface area contributed by atoms with Gasteiger partial charge in [-0.2, -0.15) is 5.26 Å². The first-order chi connectivity index (χ1) is 9.15. The largest absolute Gasteiger partial charge is 0.350 e. The summed E-state index contributed by atoms with van der Waals surface area (Å²) in [5, 5.41) is 11.4. The summed E-state index contributed by atoms with van der Waals surface area (Å²) in [4.78, 5) is 0.880. The first kappa shape index (κ1) is 13.4. The molecule has 2 rings (SSSR count). The molecule has 2 aromatic rings. The quantitative estimate of drug-likeness (QED) is 0.849. The summed E-state index contributed by atoms with van der Waals surface area (Å²) in [6.07, 6.45) is 1.88. The molecular weight excluding hydrogens is 266 g/mol. The zero-order valence-corrected chi connectivity index (χ0v) is 10.9. The van der Waals surface area contributed by atoms with Crippen molar-refractivity contribution in [2.75, 3.05) is 11.6 Å². The normalized spacial score (nSPS) is 10.0. The molecule has 0 atom stereocenters. The molecule has 1 N–H and O–H groups in total. The zero-order valence-electron chi connectivity index (χ0n) is 10.1. The fraction of sp³-hybridized carbons (Fsp3) is 0.0714. The van der Waals surface area contributed by atoms with E-state index in [1.54, 1.807) is 18.2 Å². The maximum absolute atomic E-state index is 13.8. The monoisotopic (exact) mass is 276 g/mol. The molecule has 0 saturated heterocycles. The van der Waals surface area contributed by atoms with Gasteiger partial charge in [0.05, 0.1) is 17.3 Å². The Morgan fingerprint density at radius 1 is 1.16 bits per heavy atom. The molecule has 0 aliphatic rings. The lowest BCUT2D eigenvalue weighted by Gasteiger charge is -2.12. The van der Waals surface area contributed by atoms with Crippen molar-refractivity contribution in [1.82, 2.24) is 0 Å². The van der Waals surface area contributed by atoms with Gasteiger partial charge >= 0.3 is 0 Å². The van der Waals surface area contributed by atoms with Gasteiger partial charge in [-0.15, -0.1) is 11.8 Å². The number of hydrogen-bond donors (Lipinski definition) is 1. The number of benzene rings is 2. The van der Waals surface area contributed by atoms with E-state index in [-0.39, 0.29) is 11.3 Å². The summed E-state index contributed by atoms with van der Waals surface area (Å²) in [7, 11) is 0. The summed E-state index contributed by atoms with van der Waals surface area (Å²) >= 11 is 1.47. The number of nitrogens with one attached hydrogen (secondary N) is 1. The molecule has 0 unspecified atom stereocenters. The predicted molar refractivity (Wildman–Crippen MR) is 72.6 cm³/mol. The average Bonchev–Trinajstić information content (AvgIpc) is 2.43. The van der Waals surface area contributed by atoms with E-state index in [0.29, 0.717) is 5.69 Å². The SMILES string of the molecule is CSc1ccccc1Nc1c(F)cc(C#N)cc1F. The van der Waals surface area contributed by atoms with E-state index < -0.39 is 11.6 Å². The molecule has 19 heavy (non-hydrogen) atoms. The van der Waals surface area contributed by atoms with Crippen molar-refractivity contribution in [3.05, 3.63) is 53.6 Å². The molecule has 0 fully saturated rings. The second-order valence-electron chi connectivity index (χ2n) is 3.75. The minimum Gasteiger partial charge on any atom is -0.350 e. The number of nitriles is 1. The van der Waals surface area contributed by atoms with Crippen LogP contribution in [-0.2, 0) is 0 Å². The van der Waals surface area contributed by atoms with E-state index in [2.05, 4.69) is 5.32 Å². The van der Waals surface area contributed by atoms with Crippen LogP contribution >= 0.6 is 11.8 Å². The lowest BCUT2D eigenvalue weighted by atomic mass is 10.2. The Hall–Kier alpha value is -2.06. The Bertz CT molecular complexity index is 627. The highest BCUT2D eigenvalue weighted by atomic mass is 32.2. The highest BCUT2D eigenvalue weighted by molar-refractivity contribution is 7.98. The van der Waals surface area contributed by atoms with Crippen LogP contribution in [0.2, 0.25) is 0 Å². The van der Waals surface area contributed by atoms with Gasteiger partial charge in [0.25, 0.3) is 0 Å². The van der Waals surface area contributed by atoms with E-state index in [1.807, 2.05) is 18.4 Å². The van der Waals surface area contributed by atoms with Crippen LogP contribution in [0.4, 0.5) is 20.2 Å². The summed E-state index contributed by atoms with van der Waals surface area (Å²) in [6.45, 7) is 0. The van der Waals surface area contributed by atoms with Gasteiger partial charge in [-0.1, -0.05) is 12.1 Å². The maximum atomic E-state index is 13.8. The molecule has 0 radical (unpaired) electrons. The molecule has 0 amide bonds. The zero-order chi connectivity index (χ0) is 13.8. The molecule has 96 valence electrons. The Morgan fingerprint density at radius 2 is 1.79 bits per heavy atom. The van der Waals surface area contributed by atoms with Crippen LogP contribution in [0.15, 0.2) is 41.3 Å². The van der Waals surface area contributed by atoms with Crippen molar-refractivity contribution in [1.29, 1.82) is 5.26 Å². The van der Waals surface area contributed by atoms with Gasteiger partial charge < -0.3 is 5.32 Å². The molecule has 0 bridgehead atoms. The highest BCUT2D eigenvalue weighted by Crippen LogP contribution is 2.30. The van der Waals surface area contributed by atoms with Gasteiger partial charge in [-0.25, -0.2) is 8.78 Å². The molecule has 0 aromatic heterocycles. The number of rotatable bonds is 3. The summed E-state index contributed by atoms with van der Waals surface area (Å²) in [5.41, 5.74) is 0.330. The molecule has 2 nitrogen and oxygen atoms in total. The van der Waals surface area contributed by atoms with Crippen molar-refractivity contribution in [2.45, 2.75) is 4.90 Å². The van der Waals surface area contributed by atoms with Gasteiger partial charge in [0.15, 0.2) is 11.6 Å². The molecule has 0 aliphatic heterocycles. The molecule has 2 aromatic carbocycles. The number of hydrogen-bond acceptors (Lipinski definition) is 3. The summed E-state index contributed by atoms with van der Waals surface area (Å²) in [5.74, 6) is -1.57. The lowest BCUT2D eigenvalue weighted by molar-refractivity contribution is 0.590. The predicted octanol–water partition coefficient (Wildman–Crippen LogP) is 4.30. The molecule has 0 spiro atoms.